The Morgan fingerprint density at radius 3 is 2.50 bits per heavy atom. The third kappa shape index (κ3) is 5.24. The third-order valence-corrected chi connectivity index (χ3v) is 5.28. The van der Waals surface area contributed by atoms with E-state index in [1.54, 1.807) is 36.4 Å². The molecule has 9 heteroatoms. The highest BCUT2D eigenvalue weighted by atomic mass is 32.2. The molecule has 2 N–H and O–H groups in total. The number of hydrogen-bond acceptors (Lipinski definition) is 5. The van der Waals surface area contributed by atoms with Gasteiger partial charge in [0.1, 0.15) is 5.82 Å². The van der Waals surface area contributed by atoms with Gasteiger partial charge in [-0.2, -0.15) is 0 Å². The van der Waals surface area contributed by atoms with Crippen LogP contribution >= 0.6 is 11.8 Å². The molecule has 0 unspecified atom stereocenters. The molecule has 2 aromatic carbocycles. The van der Waals surface area contributed by atoms with Gasteiger partial charge < -0.3 is 15.2 Å². The van der Waals surface area contributed by atoms with Gasteiger partial charge in [-0.15, -0.1) is 10.2 Å². The molecule has 1 atom stereocenters. The average molecular weight is 428 g/mol. The summed E-state index contributed by atoms with van der Waals surface area (Å²) in [5, 5.41) is 14.4. The average Bonchev–Trinajstić information content (AvgIpc) is 3.17. The van der Waals surface area contributed by atoms with Gasteiger partial charge in [0.2, 0.25) is 5.91 Å². The molecule has 30 heavy (non-hydrogen) atoms. The highest BCUT2D eigenvalue weighted by Crippen LogP contribution is 2.21. The molecule has 0 spiro atoms. The van der Waals surface area contributed by atoms with Crippen LogP contribution in [0.5, 0.6) is 0 Å². The van der Waals surface area contributed by atoms with E-state index in [-0.39, 0.29) is 29.3 Å². The summed E-state index contributed by atoms with van der Waals surface area (Å²) in [6.45, 7) is 4.34. The van der Waals surface area contributed by atoms with Crippen molar-refractivity contribution < 1.29 is 14.0 Å². The maximum atomic E-state index is 13.7. The van der Waals surface area contributed by atoms with E-state index in [4.69, 9.17) is 0 Å². The van der Waals surface area contributed by atoms with Gasteiger partial charge in [0.05, 0.1) is 17.5 Å². The van der Waals surface area contributed by atoms with Crippen LogP contribution in [-0.2, 0) is 11.3 Å². The van der Waals surface area contributed by atoms with Crippen LogP contribution in [0.3, 0.4) is 0 Å². The molecule has 0 bridgehead atoms. The first-order valence-corrected chi connectivity index (χ1v) is 10.4. The molecule has 0 aliphatic carbocycles. The number of rotatable bonds is 8. The Morgan fingerprint density at radius 2 is 1.80 bits per heavy atom. The molecule has 1 aromatic heterocycles. The Hall–Kier alpha value is -3.20. The summed E-state index contributed by atoms with van der Waals surface area (Å²) in [6.07, 6.45) is 0. The normalized spacial score (nSPS) is 11.7. The van der Waals surface area contributed by atoms with Crippen LogP contribution in [0.2, 0.25) is 0 Å². The monoisotopic (exact) mass is 427 g/mol. The van der Waals surface area contributed by atoms with Crippen LogP contribution in [0.25, 0.3) is 0 Å². The number of carbonyl (C=O) groups is 2. The van der Waals surface area contributed by atoms with Crippen molar-refractivity contribution in [1.82, 2.24) is 20.1 Å². The second-order valence-corrected chi connectivity index (χ2v) is 7.41. The molecule has 2 amide bonds. The maximum absolute atomic E-state index is 13.7. The van der Waals surface area contributed by atoms with Crippen LogP contribution in [0, 0.1) is 5.82 Å². The van der Waals surface area contributed by atoms with Gasteiger partial charge >= 0.3 is 0 Å². The van der Waals surface area contributed by atoms with Gasteiger partial charge in [-0.1, -0.05) is 42.1 Å². The van der Waals surface area contributed by atoms with E-state index in [9.17, 15) is 14.0 Å². The summed E-state index contributed by atoms with van der Waals surface area (Å²) in [4.78, 5) is 24.6. The highest BCUT2D eigenvalue weighted by molar-refractivity contribution is 7.99. The number of carbonyl (C=O) groups excluding carboxylic acids is 2. The van der Waals surface area contributed by atoms with Crippen molar-refractivity contribution in [2.45, 2.75) is 31.6 Å². The van der Waals surface area contributed by atoms with Crippen molar-refractivity contribution >= 4 is 29.3 Å². The van der Waals surface area contributed by atoms with Crippen LogP contribution in [-0.4, -0.2) is 32.3 Å². The van der Waals surface area contributed by atoms with Crippen LogP contribution in [0.15, 0.2) is 59.8 Å². The molecule has 0 aliphatic rings. The van der Waals surface area contributed by atoms with Gasteiger partial charge in [-0.25, -0.2) is 4.39 Å². The lowest BCUT2D eigenvalue weighted by Gasteiger charge is -2.15. The number of anilines is 1. The number of thioether (sulfide) groups is 1. The fourth-order valence-electron chi connectivity index (χ4n) is 2.84. The predicted octanol–water partition coefficient (Wildman–Crippen LogP) is 3.66. The highest BCUT2D eigenvalue weighted by Gasteiger charge is 2.20. The Bertz CT molecular complexity index is 1030. The smallest absolute Gasteiger partial charge is 0.251 e. The standard InChI is InChI=1S/C21H22FN5O2S/c1-3-27-19(14(2)23-20(29)15-9-5-4-6-10-15)25-26-21(27)30-13-18(28)24-17-12-8-7-11-16(17)22/h4-12,14H,3,13H2,1-2H3,(H,23,29)(H,24,28)/t14-/m0/s1. The lowest BCUT2D eigenvalue weighted by Crippen LogP contribution is -2.28. The van der Waals surface area contributed by atoms with Crippen molar-refractivity contribution in [1.29, 1.82) is 0 Å². The van der Waals surface area contributed by atoms with Gasteiger partial charge in [-0.05, 0) is 38.1 Å². The summed E-state index contributed by atoms with van der Waals surface area (Å²) < 4.78 is 15.5. The van der Waals surface area contributed by atoms with Gasteiger partial charge in [-0.3, -0.25) is 9.59 Å². The zero-order valence-electron chi connectivity index (χ0n) is 16.6. The van der Waals surface area contributed by atoms with E-state index in [2.05, 4.69) is 20.8 Å². The van der Waals surface area contributed by atoms with Crippen molar-refractivity contribution in [2.24, 2.45) is 0 Å². The molecule has 0 radical (unpaired) electrons. The summed E-state index contributed by atoms with van der Waals surface area (Å²) >= 11 is 1.20. The van der Waals surface area contributed by atoms with E-state index in [0.717, 1.165) is 0 Å². The van der Waals surface area contributed by atoms with E-state index in [1.165, 1.54) is 23.9 Å². The second kappa shape index (κ2) is 10.0. The number of amides is 2. The topological polar surface area (TPSA) is 88.9 Å². The molecule has 7 nitrogen and oxygen atoms in total. The summed E-state index contributed by atoms with van der Waals surface area (Å²) in [5.41, 5.74) is 0.698. The fourth-order valence-corrected chi connectivity index (χ4v) is 3.65. The van der Waals surface area contributed by atoms with E-state index in [1.807, 2.05) is 24.5 Å². The largest absolute Gasteiger partial charge is 0.342 e. The minimum atomic E-state index is -0.488. The second-order valence-electron chi connectivity index (χ2n) is 6.46. The van der Waals surface area contributed by atoms with Crippen molar-refractivity contribution in [3.8, 4) is 0 Å². The van der Waals surface area contributed by atoms with Crippen molar-refractivity contribution in [3.63, 3.8) is 0 Å². The van der Waals surface area contributed by atoms with Crippen molar-refractivity contribution in [2.75, 3.05) is 11.1 Å². The molecule has 0 saturated carbocycles. The van der Waals surface area contributed by atoms with Gasteiger partial charge in [0.25, 0.3) is 5.91 Å². The van der Waals surface area contributed by atoms with Gasteiger partial charge in [0.15, 0.2) is 11.0 Å². The zero-order valence-corrected chi connectivity index (χ0v) is 17.4. The van der Waals surface area contributed by atoms with Crippen LogP contribution in [0.1, 0.15) is 36.1 Å². The van der Waals surface area contributed by atoms with E-state index >= 15 is 0 Å². The minimum absolute atomic E-state index is 0.0528. The molecule has 3 aromatic rings. The Morgan fingerprint density at radius 1 is 1.10 bits per heavy atom. The number of aromatic nitrogens is 3. The summed E-state index contributed by atoms with van der Waals surface area (Å²) in [7, 11) is 0. The lowest BCUT2D eigenvalue weighted by atomic mass is 10.2. The van der Waals surface area contributed by atoms with Crippen LogP contribution < -0.4 is 10.6 Å². The first-order valence-electron chi connectivity index (χ1n) is 9.45. The van der Waals surface area contributed by atoms with Gasteiger partial charge in [0, 0.05) is 12.1 Å². The predicted molar refractivity (Wildman–Crippen MR) is 114 cm³/mol. The van der Waals surface area contributed by atoms with E-state index < -0.39 is 5.82 Å². The number of nitrogens with zero attached hydrogens (tertiary/aromatic N) is 3. The molecular weight excluding hydrogens is 405 g/mol. The lowest BCUT2D eigenvalue weighted by molar-refractivity contribution is -0.113. The molecule has 0 saturated heterocycles. The molecule has 0 fully saturated rings. The number of halogens is 1. The van der Waals surface area contributed by atoms with Crippen molar-refractivity contribution in [3.05, 3.63) is 71.8 Å². The molecule has 3 rings (SSSR count). The summed E-state index contributed by atoms with van der Waals surface area (Å²) in [6, 6.07) is 14.6. The summed E-state index contributed by atoms with van der Waals surface area (Å²) in [5.74, 6) is -0.386. The van der Waals surface area contributed by atoms with Crippen LogP contribution in [0.4, 0.5) is 10.1 Å². The Labute approximate surface area is 178 Å². The molecule has 0 aliphatic heterocycles. The number of para-hydroxylation sites is 1. The number of hydrogen-bond donors (Lipinski definition) is 2. The quantitative estimate of drug-likeness (QED) is 0.536. The molecule has 1 heterocycles. The Balaban J connectivity index is 1.63. The zero-order chi connectivity index (χ0) is 21.5. The first kappa shape index (κ1) is 21.5. The fraction of sp³-hybridized carbons (Fsp3) is 0.238. The maximum Gasteiger partial charge on any atom is 0.251 e. The third-order valence-electron chi connectivity index (χ3n) is 4.31. The Kier molecular flexibility index (Phi) is 7.18. The molecule has 156 valence electrons. The molecular formula is C21H22FN5O2S. The number of benzene rings is 2. The SMILES string of the molecule is CCn1c(SCC(=O)Nc2ccccc2F)nnc1[C@H](C)NC(=O)c1ccccc1. The minimum Gasteiger partial charge on any atom is -0.342 e. The first-order chi connectivity index (χ1) is 14.5. The van der Waals surface area contributed by atoms with E-state index in [0.29, 0.717) is 23.1 Å². The number of nitrogens with one attached hydrogen (secondary N) is 2.